The van der Waals surface area contributed by atoms with Crippen LogP contribution in [0.4, 0.5) is 0 Å². The van der Waals surface area contributed by atoms with Crippen LogP contribution in [0.2, 0.25) is 0 Å². The van der Waals surface area contributed by atoms with Crippen LogP contribution in [0, 0.1) is 0 Å². The van der Waals surface area contributed by atoms with Gasteiger partial charge in [0.15, 0.2) is 0 Å². The Morgan fingerprint density at radius 3 is 1.96 bits per heavy atom. The van der Waals surface area contributed by atoms with Crippen LogP contribution in [-0.4, -0.2) is 27.1 Å². The normalized spacial score (nSPS) is 10.2. The highest BCUT2D eigenvalue weighted by molar-refractivity contribution is 5.89. The van der Waals surface area contributed by atoms with Crippen LogP contribution in [0.3, 0.4) is 0 Å². The SMILES string of the molecule is O=C(O)C=CC(=O)O.c1ccc(-c2ccc3ccccc3n2)cc1. The number of rotatable bonds is 3. The Morgan fingerprint density at radius 2 is 1.33 bits per heavy atom. The number of fused-ring (bicyclic) bond motifs is 1. The molecule has 0 radical (unpaired) electrons. The number of carboxylic acids is 2. The molecule has 0 amide bonds. The number of hydrogen-bond acceptors (Lipinski definition) is 3. The summed E-state index contributed by atoms with van der Waals surface area (Å²) in [6.07, 6.45) is 1.12. The smallest absolute Gasteiger partial charge is 0.328 e. The molecule has 1 aromatic heterocycles. The van der Waals surface area contributed by atoms with Crippen molar-refractivity contribution in [3.63, 3.8) is 0 Å². The molecule has 0 saturated heterocycles. The van der Waals surface area contributed by atoms with Crippen molar-refractivity contribution in [2.24, 2.45) is 0 Å². The number of nitrogens with zero attached hydrogens (tertiary/aromatic N) is 1. The first-order chi connectivity index (χ1) is 11.6. The Balaban J connectivity index is 0.000000224. The Labute approximate surface area is 138 Å². The van der Waals surface area contributed by atoms with E-state index in [-0.39, 0.29) is 0 Å². The van der Waals surface area contributed by atoms with E-state index < -0.39 is 11.9 Å². The number of aliphatic carboxylic acids is 2. The molecule has 2 N–H and O–H groups in total. The fourth-order valence-electron chi connectivity index (χ4n) is 1.98. The molecule has 0 fully saturated rings. The third-order valence-electron chi connectivity index (χ3n) is 3.04. The van der Waals surface area contributed by atoms with Gasteiger partial charge in [-0.25, -0.2) is 14.6 Å². The van der Waals surface area contributed by atoms with Gasteiger partial charge in [-0.2, -0.15) is 0 Å². The summed E-state index contributed by atoms with van der Waals surface area (Å²) in [6.45, 7) is 0. The van der Waals surface area contributed by atoms with Gasteiger partial charge in [0.25, 0.3) is 0 Å². The number of carbonyl (C=O) groups is 2. The first-order valence-electron chi connectivity index (χ1n) is 7.11. The predicted molar refractivity (Wildman–Crippen MR) is 91.6 cm³/mol. The van der Waals surface area contributed by atoms with Crippen LogP contribution in [0.1, 0.15) is 0 Å². The van der Waals surface area contributed by atoms with Gasteiger partial charge in [0.1, 0.15) is 0 Å². The summed E-state index contributed by atoms with van der Waals surface area (Å²) in [4.78, 5) is 23.8. The van der Waals surface area contributed by atoms with Gasteiger partial charge in [-0.1, -0.05) is 54.6 Å². The Hall–Kier alpha value is -3.47. The Kier molecular flexibility index (Phi) is 5.80. The molecular formula is C19H15NO4. The van der Waals surface area contributed by atoms with Crippen molar-refractivity contribution in [3.8, 4) is 11.3 Å². The molecule has 2 aromatic carbocycles. The molecule has 5 nitrogen and oxygen atoms in total. The number of pyridine rings is 1. The largest absolute Gasteiger partial charge is 0.478 e. The standard InChI is InChI=1S/C15H11N.C4H4O4/c1-2-6-12(7-3-1)15-11-10-13-8-4-5-9-14(13)16-15;5-3(6)1-2-4(7)8/h1-11H;1-2H,(H,5,6)(H,7,8). The average Bonchev–Trinajstić information content (AvgIpc) is 2.61. The Bertz CT molecular complexity index is 857. The van der Waals surface area contributed by atoms with Crippen LogP contribution in [0.5, 0.6) is 0 Å². The van der Waals surface area contributed by atoms with E-state index in [9.17, 15) is 9.59 Å². The summed E-state index contributed by atoms with van der Waals surface area (Å²) in [5, 5.41) is 16.8. The maximum atomic E-state index is 9.55. The minimum Gasteiger partial charge on any atom is -0.478 e. The van der Waals surface area contributed by atoms with Gasteiger partial charge in [-0.15, -0.1) is 0 Å². The summed E-state index contributed by atoms with van der Waals surface area (Å²) in [5.41, 5.74) is 3.23. The van der Waals surface area contributed by atoms with Crippen LogP contribution >= 0.6 is 0 Å². The molecular weight excluding hydrogens is 306 g/mol. The first-order valence-corrected chi connectivity index (χ1v) is 7.11. The highest BCUT2D eigenvalue weighted by atomic mass is 16.4. The minimum absolute atomic E-state index is 0.558. The molecule has 0 bridgehead atoms. The van der Waals surface area contributed by atoms with Crippen molar-refractivity contribution in [1.82, 2.24) is 4.98 Å². The van der Waals surface area contributed by atoms with Crippen molar-refractivity contribution < 1.29 is 19.8 Å². The molecule has 0 atom stereocenters. The second-order valence-electron chi connectivity index (χ2n) is 4.77. The van der Waals surface area contributed by atoms with Crippen LogP contribution in [-0.2, 0) is 9.59 Å². The van der Waals surface area contributed by atoms with Gasteiger partial charge in [0, 0.05) is 23.1 Å². The second-order valence-corrected chi connectivity index (χ2v) is 4.77. The molecule has 0 aliphatic rings. The van der Waals surface area contributed by atoms with Gasteiger partial charge in [-0.3, -0.25) is 0 Å². The minimum atomic E-state index is -1.26. The zero-order valence-electron chi connectivity index (χ0n) is 12.7. The topological polar surface area (TPSA) is 87.5 Å². The fraction of sp³-hybridized carbons (Fsp3) is 0. The molecule has 3 rings (SSSR count). The highest BCUT2D eigenvalue weighted by Gasteiger charge is 1.99. The van der Waals surface area contributed by atoms with Gasteiger partial charge in [0.05, 0.1) is 11.2 Å². The van der Waals surface area contributed by atoms with Crippen molar-refractivity contribution in [2.45, 2.75) is 0 Å². The zero-order chi connectivity index (χ0) is 17.4. The first kappa shape index (κ1) is 16.9. The van der Waals surface area contributed by atoms with Gasteiger partial charge in [0.2, 0.25) is 0 Å². The number of hydrogen-bond donors (Lipinski definition) is 2. The maximum Gasteiger partial charge on any atom is 0.328 e. The van der Waals surface area contributed by atoms with Gasteiger partial charge in [-0.05, 0) is 12.1 Å². The summed E-state index contributed by atoms with van der Waals surface area (Å²) in [7, 11) is 0. The van der Waals surface area contributed by atoms with Gasteiger partial charge >= 0.3 is 11.9 Å². The van der Waals surface area contributed by atoms with Crippen LogP contribution in [0.15, 0.2) is 78.9 Å². The monoisotopic (exact) mass is 321 g/mol. The third kappa shape index (κ3) is 5.06. The lowest BCUT2D eigenvalue weighted by Gasteiger charge is -2.02. The summed E-state index contributed by atoms with van der Waals surface area (Å²) >= 11 is 0. The maximum absolute atomic E-state index is 9.55. The molecule has 0 aliphatic carbocycles. The van der Waals surface area contributed by atoms with E-state index in [1.165, 1.54) is 5.39 Å². The highest BCUT2D eigenvalue weighted by Crippen LogP contribution is 2.20. The van der Waals surface area contributed by atoms with Crippen LogP contribution in [0.25, 0.3) is 22.2 Å². The third-order valence-corrected chi connectivity index (χ3v) is 3.04. The van der Waals surface area contributed by atoms with E-state index >= 15 is 0 Å². The molecule has 0 saturated carbocycles. The molecule has 3 aromatic rings. The lowest BCUT2D eigenvalue weighted by molar-refractivity contribution is -0.134. The van der Waals surface area contributed by atoms with Gasteiger partial charge < -0.3 is 10.2 Å². The van der Waals surface area contributed by atoms with E-state index in [1.807, 2.05) is 36.4 Å². The van der Waals surface area contributed by atoms with Crippen molar-refractivity contribution in [1.29, 1.82) is 0 Å². The van der Waals surface area contributed by atoms with Crippen LogP contribution < -0.4 is 0 Å². The fourth-order valence-corrected chi connectivity index (χ4v) is 1.98. The molecule has 24 heavy (non-hydrogen) atoms. The molecule has 0 aliphatic heterocycles. The molecule has 0 unspecified atom stereocenters. The number of carboxylic acid groups (broad SMARTS) is 2. The van der Waals surface area contributed by atoms with E-state index in [0.717, 1.165) is 16.8 Å². The van der Waals surface area contributed by atoms with Crippen molar-refractivity contribution >= 4 is 22.8 Å². The number of para-hydroxylation sites is 1. The zero-order valence-corrected chi connectivity index (χ0v) is 12.7. The second kappa shape index (κ2) is 8.24. The quantitative estimate of drug-likeness (QED) is 0.719. The molecule has 5 heteroatoms. The molecule has 1 heterocycles. The number of aromatic nitrogens is 1. The van der Waals surface area contributed by atoms with Crippen molar-refractivity contribution in [2.75, 3.05) is 0 Å². The lowest BCUT2D eigenvalue weighted by atomic mass is 10.1. The van der Waals surface area contributed by atoms with E-state index in [4.69, 9.17) is 10.2 Å². The Morgan fingerprint density at radius 1 is 0.750 bits per heavy atom. The summed E-state index contributed by atoms with van der Waals surface area (Å²) < 4.78 is 0. The molecule has 120 valence electrons. The van der Waals surface area contributed by atoms with Crippen molar-refractivity contribution in [3.05, 3.63) is 78.9 Å². The van der Waals surface area contributed by atoms with E-state index in [1.54, 1.807) is 0 Å². The van der Waals surface area contributed by atoms with E-state index in [2.05, 4.69) is 35.3 Å². The summed E-state index contributed by atoms with van der Waals surface area (Å²) in [6, 6.07) is 22.6. The number of benzene rings is 2. The summed E-state index contributed by atoms with van der Waals surface area (Å²) in [5.74, 6) is -2.51. The van der Waals surface area contributed by atoms with E-state index in [0.29, 0.717) is 12.2 Å². The molecule has 0 spiro atoms. The average molecular weight is 321 g/mol. The predicted octanol–water partition coefficient (Wildman–Crippen LogP) is 3.61. The lowest BCUT2D eigenvalue weighted by Crippen LogP contribution is -1.91.